The number of hydrogen-bond acceptors (Lipinski definition) is 5. The molecule has 1 fully saturated rings. The van der Waals surface area contributed by atoms with Gasteiger partial charge in [0.1, 0.15) is 18.1 Å². The molecule has 162 valence electrons. The van der Waals surface area contributed by atoms with Crippen LogP contribution >= 0.6 is 0 Å². The maximum Gasteiger partial charge on any atom is 0.331 e. The molecule has 0 spiro atoms. The van der Waals surface area contributed by atoms with E-state index in [0.717, 1.165) is 55.8 Å². The van der Waals surface area contributed by atoms with Crippen molar-refractivity contribution in [2.45, 2.75) is 25.7 Å². The van der Waals surface area contributed by atoms with Crippen molar-refractivity contribution in [3.8, 4) is 11.4 Å². The molecule has 9 heteroatoms. The van der Waals surface area contributed by atoms with E-state index >= 15 is 0 Å². The quantitative estimate of drug-likeness (QED) is 0.757. The van der Waals surface area contributed by atoms with E-state index in [1.165, 1.54) is 0 Å². The highest BCUT2D eigenvalue weighted by molar-refractivity contribution is 6.20. The highest BCUT2D eigenvalue weighted by Crippen LogP contribution is 2.33. The second-order valence-corrected chi connectivity index (χ2v) is 8.01. The highest BCUT2D eigenvalue weighted by atomic mass is 16.5. The third-order valence-electron chi connectivity index (χ3n) is 6.11. The van der Waals surface area contributed by atoms with Crippen LogP contribution in [-0.4, -0.2) is 77.2 Å². The monoisotopic (exact) mass is 422 g/mol. The van der Waals surface area contributed by atoms with Crippen LogP contribution in [0.3, 0.4) is 0 Å². The van der Waals surface area contributed by atoms with Crippen LogP contribution in [-0.2, 0) is 4.79 Å². The molecule has 1 aromatic heterocycles. The number of rotatable bonds is 4. The Morgan fingerprint density at radius 1 is 1.06 bits per heavy atom. The first kappa shape index (κ1) is 19.6. The Bertz CT molecular complexity index is 1020. The van der Waals surface area contributed by atoms with Crippen molar-refractivity contribution in [1.82, 2.24) is 19.6 Å². The molecule has 0 bridgehead atoms. The fourth-order valence-corrected chi connectivity index (χ4v) is 4.47. The van der Waals surface area contributed by atoms with Gasteiger partial charge in [0, 0.05) is 19.6 Å². The number of nitrogens with zero attached hydrogens (tertiary/aromatic N) is 6. The second-order valence-electron chi connectivity index (χ2n) is 8.01. The molecule has 0 radical (unpaired) electrons. The molecule has 0 atom stereocenters. The van der Waals surface area contributed by atoms with E-state index < -0.39 is 0 Å². The van der Waals surface area contributed by atoms with Gasteiger partial charge in [-0.2, -0.15) is 5.10 Å². The topological polar surface area (TPSA) is 83.3 Å². The summed E-state index contributed by atoms with van der Waals surface area (Å²) in [6, 6.07) is 7.24. The van der Waals surface area contributed by atoms with Crippen molar-refractivity contribution >= 4 is 23.6 Å². The van der Waals surface area contributed by atoms with E-state index in [9.17, 15) is 9.59 Å². The number of amidine groups is 1. The molecule has 2 aromatic rings. The van der Waals surface area contributed by atoms with E-state index in [1.807, 2.05) is 29.2 Å². The van der Waals surface area contributed by atoms with Gasteiger partial charge in [0.25, 0.3) is 0 Å². The summed E-state index contributed by atoms with van der Waals surface area (Å²) < 4.78 is 6.96. The van der Waals surface area contributed by atoms with Crippen molar-refractivity contribution in [2.75, 3.05) is 44.7 Å². The van der Waals surface area contributed by atoms with Crippen LogP contribution in [0.4, 0.5) is 10.6 Å². The standard InChI is InChI=1S/C22H26N6O3/c1-31-17-8-6-16(7-9-17)28-21-18(14-24-28)20-23-10-13-26(20)22(30)27(21)15-19(29)25-11-4-2-3-5-12-25/h6-9,14H,2-5,10-13,15H2,1H3. The number of fused-ring (bicyclic) bond motifs is 3. The van der Waals surface area contributed by atoms with E-state index in [2.05, 4.69) is 10.1 Å². The number of carbonyl (C=O) groups excluding carboxylic acids is 2. The van der Waals surface area contributed by atoms with Gasteiger partial charge in [-0.3, -0.25) is 19.6 Å². The maximum atomic E-state index is 13.4. The lowest BCUT2D eigenvalue weighted by Crippen LogP contribution is -2.53. The number of aliphatic imine (C=N–C) groups is 1. The largest absolute Gasteiger partial charge is 0.497 e. The fourth-order valence-electron chi connectivity index (χ4n) is 4.47. The number of benzene rings is 1. The fraction of sp³-hybridized carbons (Fsp3) is 0.455. The van der Waals surface area contributed by atoms with Crippen LogP contribution < -0.4 is 9.64 Å². The number of ether oxygens (including phenoxy) is 1. The average molecular weight is 422 g/mol. The Kier molecular flexibility index (Phi) is 5.09. The van der Waals surface area contributed by atoms with Crippen LogP contribution in [0.2, 0.25) is 0 Å². The molecule has 3 aliphatic heterocycles. The molecule has 3 aliphatic rings. The third kappa shape index (κ3) is 3.43. The first-order valence-electron chi connectivity index (χ1n) is 10.8. The van der Waals surface area contributed by atoms with Gasteiger partial charge < -0.3 is 9.64 Å². The normalized spacial score (nSPS) is 18.4. The Morgan fingerprint density at radius 2 is 1.81 bits per heavy atom. The zero-order valence-corrected chi connectivity index (χ0v) is 17.7. The highest BCUT2D eigenvalue weighted by Gasteiger charge is 2.41. The number of aromatic nitrogens is 2. The molecular formula is C22H26N6O3. The average Bonchev–Trinajstić information content (AvgIpc) is 3.36. The van der Waals surface area contributed by atoms with Gasteiger partial charge >= 0.3 is 6.03 Å². The molecule has 0 saturated carbocycles. The van der Waals surface area contributed by atoms with E-state index in [4.69, 9.17) is 4.74 Å². The van der Waals surface area contributed by atoms with Crippen molar-refractivity contribution in [3.63, 3.8) is 0 Å². The van der Waals surface area contributed by atoms with Crippen molar-refractivity contribution in [1.29, 1.82) is 0 Å². The van der Waals surface area contributed by atoms with Gasteiger partial charge in [0.2, 0.25) is 5.91 Å². The predicted molar refractivity (Wildman–Crippen MR) is 116 cm³/mol. The molecule has 1 saturated heterocycles. The van der Waals surface area contributed by atoms with Gasteiger partial charge in [-0.25, -0.2) is 9.48 Å². The van der Waals surface area contributed by atoms with Crippen molar-refractivity contribution in [2.24, 2.45) is 4.99 Å². The lowest BCUT2D eigenvalue weighted by molar-refractivity contribution is -0.129. The van der Waals surface area contributed by atoms with Crippen LogP contribution in [0.1, 0.15) is 31.2 Å². The van der Waals surface area contributed by atoms with Crippen LogP contribution in [0.15, 0.2) is 35.5 Å². The Hall–Kier alpha value is -3.36. The number of methoxy groups -OCH3 is 1. The van der Waals surface area contributed by atoms with Gasteiger partial charge in [0.05, 0.1) is 31.1 Å². The molecular weight excluding hydrogens is 396 g/mol. The molecule has 0 N–H and O–H groups in total. The molecule has 0 aliphatic carbocycles. The Balaban J connectivity index is 1.52. The Labute approximate surface area is 180 Å². The summed E-state index contributed by atoms with van der Waals surface area (Å²) in [6.45, 7) is 2.58. The zero-order chi connectivity index (χ0) is 21.4. The number of likely N-dealkylation sites (tertiary alicyclic amines) is 1. The minimum Gasteiger partial charge on any atom is -0.497 e. The second kappa shape index (κ2) is 8.05. The molecule has 9 nitrogen and oxygen atoms in total. The zero-order valence-electron chi connectivity index (χ0n) is 17.7. The summed E-state index contributed by atoms with van der Waals surface area (Å²) in [7, 11) is 1.62. The number of anilines is 1. The lowest BCUT2D eigenvalue weighted by atomic mass is 10.2. The van der Waals surface area contributed by atoms with E-state index in [0.29, 0.717) is 24.7 Å². The number of hydrogen-bond donors (Lipinski definition) is 0. The minimum absolute atomic E-state index is 0.00252. The first-order chi connectivity index (χ1) is 15.2. The number of carbonyl (C=O) groups is 2. The first-order valence-corrected chi connectivity index (χ1v) is 10.8. The van der Waals surface area contributed by atoms with Gasteiger partial charge in [-0.1, -0.05) is 12.8 Å². The van der Waals surface area contributed by atoms with Crippen LogP contribution in [0.5, 0.6) is 5.75 Å². The van der Waals surface area contributed by atoms with Crippen molar-refractivity contribution in [3.05, 3.63) is 36.0 Å². The van der Waals surface area contributed by atoms with E-state index in [-0.39, 0.29) is 18.5 Å². The van der Waals surface area contributed by atoms with Gasteiger partial charge in [-0.15, -0.1) is 0 Å². The van der Waals surface area contributed by atoms with E-state index in [1.54, 1.807) is 27.8 Å². The molecule has 5 rings (SSSR count). The molecule has 0 unspecified atom stereocenters. The molecule has 1 aromatic carbocycles. The molecule has 31 heavy (non-hydrogen) atoms. The summed E-state index contributed by atoms with van der Waals surface area (Å²) in [5, 5.41) is 4.55. The number of urea groups is 1. The minimum atomic E-state index is -0.220. The van der Waals surface area contributed by atoms with Crippen molar-refractivity contribution < 1.29 is 14.3 Å². The van der Waals surface area contributed by atoms with Gasteiger partial charge in [0.15, 0.2) is 5.82 Å². The smallest absolute Gasteiger partial charge is 0.331 e. The third-order valence-corrected chi connectivity index (χ3v) is 6.11. The van der Waals surface area contributed by atoms with Crippen LogP contribution in [0.25, 0.3) is 5.69 Å². The summed E-state index contributed by atoms with van der Waals surface area (Å²) in [6.07, 6.45) is 6.05. The summed E-state index contributed by atoms with van der Waals surface area (Å²) in [5.74, 6) is 1.94. The predicted octanol–water partition coefficient (Wildman–Crippen LogP) is 2.29. The molecule has 4 heterocycles. The maximum absolute atomic E-state index is 13.4. The summed E-state index contributed by atoms with van der Waals surface area (Å²) >= 11 is 0. The van der Waals surface area contributed by atoms with Crippen LogP contribution in [0, 0.1) is 0 Å². The summed E-state index contributed by atoms with van der Waals surface area (Å²) in [5.41, 5.74) is 1.56. The lowest BCUT2D eigenvalue weighted by Gasteiger charge is -2.34. The Morgan fingerprint density at radius 3 is 2.52 bits per heavy atom. The molecule has 3 amide bonds. The van der Waals surface area contributed by atoms with Gasteiger partial charge in [-0.05, 0) is 37.1 Å². The number of amides is 3. The summed E-state index contributed by atoms with van der Waals surface area (Å²) in [4.78, 5) is 36.2. The SMILES string of the molecule is COc1ccc(-n2ncc3c2N(CC(=O)N2CCCCCC2)C(=O)N2CCN=C32)cc1.